The Kier molecular flexibility index (Phi) is 7.84. The molecule has 1 aromatic rings. The average molecular weight is 199 g/mol. The molecular formula is C6H12Cl2N2O. The highest BCUT2D eigenvalue weighted by Gasteiger charge is 1.94. The molecule has 0 aliphatic heterocycles. The highest BCUT2D eigenvalue weighted by Crippen LogP contribution is 1.98. The Morgan fingerprint density at radius 1 is 1.55 bits per heavy atom. The van der Waals surface area contributed by atoms with E-state index in [0.29, 0.717) is 0 Å². The number of hydrogen-bond donors (Lipinski definition) is 1. The van der Waals surface area contributed by atoms with Gasteiger partial charge in [-0.3, -0.25) is 0 Å². The predicted octanol–water partition coefficient (Wildman–Crippen LogP) is 1.55. The van der Waals surface area contributed by atoms with Crippen LogP contribution in [0.15, 0.2) is 10.7 Å². The molecule has 0 aliphatic rings. The van der Waals surface area contributed by atoms with Crippen LogP contribution in [0.4, 0.5) is 0 Å². The van der Waals surface area contributed by atoms with E-state index >= 15 is 0 Å². The first-order valence-electron chi connectivity index (χ1n) is 2.88. The van der Waals surface area contributed by atoms with Crippen LogP contribution in [0.25, 0.3) is 0 Å². The Bertz CT molecular complexity index is 190. The summed E-state index contributed by atoms with van der Waals surface area (Å²) in [5.74, 6) is 0.722. The van der Waals surface area contributed by atoms with Crippen LogP contribution in [0.2, 0.25) is 0 Å². The van der Waals surface area contributed by atoms with E-state index in [1.54, 1.807) is 6.26 Å². The molecule has 0 unspecified atom stereocenters. The molecule has 1 N–H and O–H groups in total. The van der Waals surface area contributed by atoms with Gasteiger partial charge in [-0.05, 0) is 7.05 Å². The highest BCUT2D eigenvalue weighted by molar-refractivity contribution is 5.85. The summed E-state index contributed by atoms with van der Waals surface area (Å²) in [4.78, 5) is 4.07. The molecule has 0 saturated carbocycles. The van der Waals surface area contributed by atoms with Crippen molar-refractivity contribution in [3.63, 3.8) is 0 Å². The van der Waals surface area contributed by atoms with Crippen molar-refractivity contribution >= 4 is 24.8 Å². The average Bonchev–Trinajstić information content (AvgIpc) is 2.17. The molecule has 1 rings (SSSR count). The van der Waals surface area contributed by atoms with Crippen molar-refractivity contribution in [1.82, 2.24) is 10.3 Å². The summed E-state index contributed by atoms with van der Waals surface area (Å²) < 4.78 is 4.97. The Balaban J connectivity index is 0. The number of aromatic nitrogens is 1. The fourth-order valence-corrected chi connectivity index (χ4v) is 0.671. The number of nitrogens with one attached hydrogen (secondary N) is 1. The van der Waals surface area contributed by atoms with Gasteiger partial charge in [-0.2, -0.15) is 0 Å². The van der Waals surface area contributed by atoms with Gasteiger partial charge in [0.25, 0.3) is 0 Å². The Labute approximate surface area is 78.4 Å². The minimum Gasteiger partial charge on any atom is -0.449 e. The fourth-order valence-electron chi connectivity index (χ4n) is 0.671. The second-order valence-electron chi connectivity index (χ2n) is 1.89. The Hall–Kier alpha value is -0.250. The van der Waals surface area contributed by atoms with E-state index in [1.807, 2.05) is 14.0 Å². The van der Waals surface area contributed by atoms with Gasteiger partial charge in [-0.15, -0.1) is 24.8 Å². The third kappa shape index (κ3) is 4.24. The molecule has 0 bridgehead atoms. The van der Waals surface area contributed by atoms with Crippen molar-refractivity contribution < 1.29 is 4.42 Å². The largest absolute Gasteiger partial charge is 0.449 e. The van der Waals surface area contributed by atoms with Gasteiger partial charge in [0.15, 0.2) is 5.89 Å². The molecule has 11 heavy (non-hydrogen) atoms. The fraction of sp³-hybridized carbons (Fsp3) is 0.500. The molecule has 0 amide bonds. The maximum atomic E-state index is 4.97. The third-order valence-corrected chi connectivity index (χ3v) is 1.02. The number of oxazole rings is 1. The molecule has 0 atom stereocenters. The number of halogens is 2. The summed E-state index contributed by atoms with van der Waals surface area (Å²) in [6, 6.07) is 0. The van der Waals surface area contributed by atoms with Gasteiger partial charge in [0.2, 0.25) is 0 Å². The molecule has 66 valence electrons. The van der Waals surface area contributed by atoms with Gasteiger partial charge in [-0.1, -0.05) is 0 Å². The van der Waals surface area contributed by atoms with Crippen LogP contribution in [-0.2, 0) is 6.54 Å². The van der Waals surface area contributed by atoms with E-state index in [-0.39, 0.29) is 24.8 Å². The molecule has 0 spiro atoms. The van der Waals surface area contributed by atoms with Gasteiger partial charge >= 0.3 is 0 Å². The standard InChI is InChI=1S/C6H10N2O.2ClH/c1-5-8-6(3-7-2)4-9-5;;/h4,7H,3H2,1-2H3;2*1H. The smallest absolute Gasteiger partial charge is 0.191 e. The van der Waals surface area contributed by atoms with Crippen LogP contribution in [0.5, 0.6) is 0 Å². The Morgan fingerprint density at radius 3 is 2.55 bits per heavy atom. The first kappa shape index (κ1) is 13.3. The molecule has 0 aromatic carbocycles. The normalized spacial score (nSPS) is 8.18. The van der Waals surface area contributed by atoms with Crippen LogP contribution in [0, 0.1) is 6.92 Å². The van der Waals surface area contributed by atoms with Crippen molar-refractivity contribution in [2.45, 2.75) is 13.5 Å². The van der Waals surface area contributed by atoms with E-state index in [0.717, 1.165) is 18.1 Å². The van der Waals surface area contributed by atoms with Gasteiger partial charge in [0, 0.05) is 13.5 Å². The lowest BCUT2D eigenvalue weighted by Gasteiger charge is -1.87. The summed E-state index contributed by atoms with van der Waals surface area (Å²) in [6.45, 7) is 2.61. The lowest BCUT2D eigenvalue weighted by Crippen LogP contribution is -2.04. The van der Waals surface area contributed by atoms with Crippen molar-refractivity contribution in [3.05, 3.63) is 17.8 Å². The highest BCUT2D eigenvalue weighted by atomic mass is 35.5. The number of hydrogen-bond acceptors (Lipinski definition) is 3. The molecule has 0 radical (unpaired) electrons. The summed E-state index contributed by atoms with van der Waals surface area (Å²) in [7, 11) is 1.88. The topological polar surface area (TPSA) is 38.1 Å². The molecule has 0 aliphatic carbocycles. The monoisotopic (exact) mass is 198 g/mol. The van der Waals surface area contributed by atoms with Crippen LogP contribution in [0.1, 0.15) is 11.6 Å². The minimum atomic E-state index is 0. The molecule has 1 aromatic heterocycles. The van der Waals surface area contributed by atoms with Crippen LogP contribution >= 0.6 is 24.8 Å². The molecular weight excluding hydrogens is 187 g/mol. The van der Waals surface area contributed by atoms with E-state index in [2.05, 4.69) is 10.3 Å². The van der Waals surface area contributed by atoms with Gasteiger partial charge in [0.05, 0.1) is 5.69 Å². The second-order valence-corrected chi connectivity index (χ2v) is 1.89. The molecule has 1 heterocycles. The maximum Gasteiger partial charge on any atom is 0.191 e. The lowest BCUT2D eigenvalue weighted by molar-refractivity contribution is 0.520. The summed E-state index contributed by atoms with van der Waals surface area (Å²) in [6.07, 6.45) is 1.66. The molecule has 3 nitrogen and oxygen atoms in total. The zero-order valence-corrected chi connectivity index (χ0v) is 8.09. The molecule has 5 heteroatoms. The predicted molar refractivity (Wildman–Crippen MR) is 48.5 cm³/mol. The van der Waals surface area contributed by atoms with Crippen LogP contribution < -0.4 is 5.32 Å². The minimum absolute atomic E-state index is 0. The Morgan fingerprint density at radius 2 is 2.18 bits per heavy atom. The van der Waals surface area contributed by atoms with Gasteiger partial charge in [0.1, 0.15) is 6.26 Å². The first-order chi connectivity index (χ1) is 4.33. The summed E-state index contributed by atoms with van der Waals surface area (Å²) in [5.41, 5.74) is 0.954. The van der Waals surface area contributed by atoms with Crippen molar-refractivity contribution in [3.8, 4) is 0 Å². The molecule has 0 fully saturated rings. The van der Waals surface area contributed by atoms with Crippen molar-refractivity contribution in [1.29, 1.82) is 0 Å². The maximum absolute atomic E-state index is 4.97. The number of rotatable bonds is 2. The van der Waals surface area contributed by atoms with Crippen LogP contribution in [0.3, 0.4) is 0 Å². The summed E-state index contributed by atoms with van der Waals surface area (Å²) >= 11 is 0. The van der Waals surface area contributed by atoms with Crippen molar-refractivity contribution in [2.75, 3.05) is 7.05 Å². The molecule has 0 saturated heterocycles. The van der Waals surface area contributed by atoms with E-state index in [4.69, 9.17) is 4.42 Å². The summed E-state index contributed by atoms with van der Waals surface area (Å²) in [5, 5.41) is 2.97. The van der Waals surface area contributed by atoms with Crippen LogP contribution in [-0.4, -0.2) is 12.0 Å². The zero-order valence-electron chi connectivity index (χ0n) is 6.46. The van der Waals surface area contributed by atoms with E-state index in [1.165, 1.54) is 0 Å². The zero-order chi connectivity index (χ0) is 6.69. The van der Waals surface area contributed by atoms with Gasteiger partial charge < -0.3 is 9.73 Å². The number of nitrogens with zero attached hydrogens (tertiary/aromatic N) is 1. The first-order valence-corrected chi connectivity index (χ1v) is 2.88. The van der Waals surface area contributed by atoms with Crippen molar-refractivity contribution in [2.24, 2.45) is 0 Å². The second kappa shape index (κ2) is 6.46. The van der Waals surface area contributed by atoms with E-state index in [9.17, 15) is 0 Å². The lowest BCUT2D eigenvalue weighted by atomic mass is 10.5. The van der Waals surface area contributed by atoms with E-state index < -0.39 is 0 Å². The van der Waals surface area contributed by atoms with Gasteiger partial charge in [-0.25, -0.2) is 4.98 Å². The SMILES string of the molecule is CNCc1coc(C)n1.Cl.Cl. The number of aryl methyl sites for hydroxylation is 1. The quantitative estimate of drug-likeness (QED) is 0.785. The third-order valence-electron chi connectivity index (χ3n) is 1.02.